The Hall–Kier alpha value is -7.26. The van der Waals surface area contributed by atoms with E-state index in [4.69, 9.17) is 11.6 Å². The summed E-state index contributed by atoms with van der Waals surface area (Å²) < 4.78 is 0. The number of likely N-dealkylation sites (tertiary alicyclic amines) is 1. The third kappa shape index (κ3) is 26.2. The lowest BCUT2D eigenvalue weighted by Crippen LogP contribution is -2.62. The van der Waals surface area contributed by atoms with Gasteiger partial charge in [-0.05, 0) is 144 Å². The highest BCUT2D eigenvalue weighted by atomic mass is 35.5. The number of rotatable bonds is 20. The molecule has 566 valence electrons. The number of benzene rings is 2. The number of amides is 11. The molecule has 0 bridgehead atoms. The molecule has 0 saturated carbocycles. The number of hydrogen-bond donors (Lipinski definition) is 8. The van der Waals surface area contributed by atoms with Gasteiger partial charge in [0, 0.05) is 66.4 Å². The molecule has 2 heterocycles. The molecule has 2 aliphatic heterocycles. The number of piperidine rings is 1. The Labute approximate surface area is 604 Å². The minimum absolute atomic E-state index is 0.0292. The van der Waals surface area contributed by atoms with E-state index in [2.05, 4.69) is 26.6 Å². The van der Waals surface area contributed by atoms with Crippen molar-refractivity contribution in [2.45, 2.75) is 238 Å². The summed E-state index contributed by atoms with van der Waals surface area (Å²) in [6, 6.07) is 2.80. The standard InChI is InChI=1S/C74H119ClN12O14/c1-17-53-69(96)83(13)57(33-32-50-27-20-18-21-28-50)65(92)78-55(37-45(2)3)71(98)84(14)60(40-48(8)9)68(95)80-64(49(10)89)74(101)81(11)44-63(91)82(12)58(38-46(4)5)66(93)77-54(31-22-25-36-88)70(97)86(16)61(42-51-29-26-30-52(75)41-51)73(100)85(15)59(39-47(6)7)67(94)79-56(43-62(90)76-53)72(99)87-34-23-19-24-35-87/h18,20-21,26-30,41,45-49,53-61,64,69,88-89,96H,17,19,22-25,31-40,42-44H2,1-16H3,(H,76,90)(H,77,93)(H,78,92)(H,79,94)(H,80,95)/t49-,53-,54+,55+,56+,57+,58+,59+,60+,61+,64+,69?/m1/s1. The molecule has 101 heavy (non-hydrogen) atoms. The van der Waals surface area contributed by atoms with Crippen LogP contribution in [0.4, 0.5) is 0 Å². The summed E-state index contributed by atoms with van der Waals surface area (Å²) in [5.74, 6) is -8.86. The molecule has 2 aromatic rings. The number of unbranched alkanes of at least 4 members (excludes halogenated alkanes) is 1. The summed E-state index contributed by atoms with van der Waals surface area (Å²) in [4.78, 5) is 173. The Morgan fingerprint density at radius 3 is 1.60 bits per heavy atom. The van der Waals surface area contributed by atoms with Gasteiger partial charge in [-0.3, -0.25) is 57.6 Å². The smallest absolute Gasteiger partial charge is 0.248 e. The summed E-state index contributed by atoms with van der Waals surface area (Å²) in [6.07, 6.45) is -0.385. The fraction of sp³-hybridized carbons (Fsp3) is 0.689. The largest absolute Gasteiger partial charge is 0.396 e. The average molecular weight is 1440 g/mol. The monoisotopic (exact) mass is 1430 g/mol. The van der Waals surface area contributed by atoms with Gasteiger partial charge < -0.3 is 71.3 Å². The van der Waals surface area contributed by atoms with Gasteiger partial charge in [0.15, 0.2) is 0 Å². The van der Waals surface area contributed by atoms with Crippen molar-refractivity contribution in [3.8, 4) is 0 Å². The Bertz CT molecular complexity index is 3060. The Kier molecular flexibility index (Phi) is 35.6. The average Bonchev–Trinajstić information content (AvgIpc) is 0.814. The number of carbonyl (C=O) groups excluding carboxylic acids is 11. The zero-order chi connectivity index (χ0) is 75.7. The SMILES string of the molecule is CC[C@H]1NC(=O)C[C@@H](C(=O)N2CCCCC2)NC(=O)[C@H](CC(C)C)N(C)C(=O)[C@H](Cc2cccc(Cl)c2)N(C)C(=O)[C@H](CCCCO)NC(=O)[C@H](CC(C)C)N(C)C(=O)CN(C)C(=O)[C@H]([C@@H](C)O)NC(=O)[C@H](CC(C)C)N(C)C(=O)[C@H](CC(C)C)NC(=O)[C@H](CCc2ccccc2)N(C)C1O. The molecule has 2 fully saturated rings. The third-order valence-electron chi connectivity index (χ3n) is 19.1. The van der Waals surface area contributed by atoms with E-state index in [1.807, 2.05) is 85.7 Å². The van der Waals surface area contributed by atoms with Crippen LogP contribution in [0.1, 0.15) is 164 Å². The zero-order valence-corrected chi connectivity index (χ0v) is 63.5. The van der Waals surface area contributed by atoms with Crippen LogP contribution in [0.2, 0.25) is 5.02 Å². The van der Waals surface area contributed by atoms with Gasteiger partial charge in [0.25, 0.3) is 0 Å². The maximum absolute atomic E-state index is 15.6. The Balaban J connectivity index is 1.97. The topological polar surface area (TPSA) is 331 Å². The molecular formula is C74H119ClN12O14. The van der Waals surface area contributed by atoms with Gasteiger partial charge in [0.2, 0.25) is 65.0 Å². The number of nitrogens with zero attached hydrogens (tertiary/aromatic N) is 7. The summed E-state index contributed by atoms with van der Waals surface area (Å²) in [6.45, 7) is 17.5. The van der Waals surface area contributed by atoms with Crippen molar-refractivity contribution in [2.75, 3.05) is 68.5 Å². The second kappa shape index (κ2) is 41.7. The lowest BCUT2D eigenvalue weighted by molar-refractivity contribution is -0.150. The number of aliphatic hydroxyl groups excluding tert-OH is 3. The minimum Gasteiger partial charge on any atom is -0.396 e. The van der Waals surface area contributed by atoms with Crippen molar-refractivity contribution in [3.05, 3.63) is 70.7 Å². The number of nitrogens with one attached hydrogen (secondary N) is 5. The molecule has 2 aliphatic rings. The maximum atomic E-state index is 15.6. The number of aliphatic hydroxyl groups is 3. The highest BCUT2D eigenvalue weighted by Crippen LogP contribution is 2.24. The van der Waals surface area contributed by atoms with Gasteiger partial charge in [-0.1, -0.05) is 116 Å². The van der Waals surface area contributed by atoms with Gasteiger partial charge in [0.1, 0.15) is 54.6 Å². The van der Waals surface area contributed by atoms with E-state index >= 15 is 24.0 Å². The van der Waals surface area contributed by atoms with Crippen LogP contribution < -0.4 is 26.6 Å². The Morgan fingerprint density at radius 2 is 1.06 bits per heavy atom. The van der Waals surface area contributed by atoms with E-state index in [1.54, 1.807) is 36.1 Å². The van der Waals surface area contributed by atoms with Gasteiger partial charge in [-0.2, -0.15) is 0 Å². The lowest BCUT2D eigenvalue weighted by atomic mass is 9.97. The molecular weight excluding hydrogens is 1320 g/mol. The molecule has 0 aliphatic carbocycles. The van der Waals surface area contributed by atoms with Crippen LogP contribution >= 0.6 is 11.6 Å². The molecule has 12 atom stereocenters. The van der Waals surface area contributed by atoms with Crippen LogP contribution in [0.25, 0.3) is 0 Å². The molecule has 1 unspecified atom stereocenters. The molecule has 0 radical (unpaired) electrons. The van der Waals surface area contributed by atoms with Crippen LogP contribution in [0, 0.1) is 23.7 Å². The van der Waals surface area contributed by atoms with Crippen LogP contribution in [0.3, 0.4) is 0 Å². The second-order valence-electron chi connectivity index (χ2n) is 29.4. The molecule has 27 heteroatoms. The fourth-order valence-electron chi connectivity index (χ4n) is 13.1. The quantitative estimate of drug-likeness (QED) is 0.0873. The first-order valence-electron chi connectivity index (χ1n) is 36.1. The third-order valence-corrected chi connectivity index (χ3v) is 19.3. The van der Waals surface area contributed by atoms with Crippen molar-refractivity contribution >= 4 is 76.6 Å². The van der Waals surface area contributed by atoms with Crippen LogP contribution in [-0.2, 0) is 65.6 Å². The minimum atomic E-state index is -1.66. The summed E-state index contributed by atoms with van der Waals surface area (Å²) in [5.41, 5.74) is 1.40. The van der Waals surface area contributed by atoms with Crippen LogP contribution in [0.15, 0.2) is 54.6 Å². The van der Waals surface area contributed by atoms with Gasteiger partial charge >= 0.3 is 0 Å². The molecule has 0 aromatic heterocycles. The highest BCUT2D eigenvalue weighted by molar-refractivity contribution is 6.30. The molecule has 2 aromatic carbocycles. The number of carbonyl (C=O) groups is 11. The number of halogens is 1. The highest BCUT2D eigenvalue weighted by Gasteiger charge is 2.43. The zero-order valence-electron chi connectivity index (χ0n) is 62.7. The van der Waals surface area contributed by atoms with E-state index in [0.717, 1.165) is 21.8 Å². The lowest BCUT2D eigenvalue weighted by Gasteiger charge is -2.38. The second-order valence-corrected chi connectivity index (χ2v) is 29.8. The molecule has 0 spiro atoms. The summed E-state index contributed by atoms with van der Waals surface area (Å²) in [7, 11) is 8.41. The first-order chi connectivity index (χ1) is 47.5. The van der Waals surface area contributed by atoms with Crippen molar-refractivity contribution in [1.29, 1.82) is 0 Å². The van der Waals surface area contributed by atoms with Crippen molar-refractivity contribution in [1.82, 2.24) is 60.9 Å². The number of likely N-dealkylation sites (N-methyl/N-ethyl adjacent to an activating group) is 6. The van der Waals surface area contributed by atoms with Crippen molar-refractivity contribution in [2.24, 2.45) is 23.7 Å². The molecule has 4 rings (SSSR count). The van der Waals surface area contributed by atoms with E-state index in [9.17, 15) is 44.1 Å². The van der Waals surface area contributed by atoms with E-state index < -0.39 is 151 Å². The number of hydrogen-bond acceptors (Lipinski definition) is 15. The normalized spacial score (nSPS) is 25.7. The summed E-state index contributed by atoms with van der Waals surface area (Å²) >= 11 is 6.52. The molecule has 11 amide bonds. The van der Waals surface area contributed by atoms with Crippen LogP contribution in [0.5, 0.6) is 0 Å². The van der Waals surface area contributed by atoms with Crippen LogP contribution in [-0.4, -0.2) is 256 Å². The summed E-state index contributed by atoms with van der Waals surface area (Å²) in [5, 5.41) is 48.2. The molecule has 2 saturated heterocycles. The predicted octanol–water partition coefficient (Wildman–Crippen LogP) is 3.88. The van der Waals surface area contributed by atoms with Crippen molar-refractivity contribution in [3.63, 3.8) is 0 Å². The van der Waals surface area contributed by atoms with E-state index in [-0.39, 0.29) is 94.5 Å². The Morgan fingerprint density at radius 1 is 0.554 bits per heavy atom. The first kappa shape index (κ1) is 86.1. The van der Waals surface area contributed by atoms with Gasteiger partial charge in [0.05, 0.1) is 31.2 Å². The predicted molar refractivity (Wildman–Crippen MR) is 387 cm³/mol. The first-order valence-corrected chi connectivity index (χ1v) is 36.5. The molecule has 26 nitrogen and oxygen atoms in total. The van der Waals surface area contributed by atoms with E-state index in [1.165, 1.54) is 68.8 Å². The van der Waals surface area contributed by atoms with Crippen molar-refractivity contribution < 1.29 is 68.1 Å². The maximum Gasteiger partial charge on any atom is 0.248 e. The van der Waals surface area contributed by atoms with E-state index in [0.29, 0.717) is 42.9 Å². The molecule has 8 N–H and O–H groups in total. The number of aryl methyl sites for hydroxylation is 1. The van der Waals surface area contributed by atoms with Gasteiger partial charge in [-0.15, -0.1) is 0 Å². The fourth-order valence-corrected chi connectivity index (χ4v) is 13.3. The van der Waals surface area contributed by atoms with Gasteiger partial charge in [-0.25, -0.2) is 0 Å².